The van der Waals surface area contributed by atoms with Crippen LogP contribution in [-0.4, -0.2) is 23.1 Å². The molecule has 0 aromatic rings. The largest absolute Gasteiger partial charge is 0.302 e. The second-order valence-electron chi connectivity index (χ2n) is 2.30. The Morgan fingerprint density at radius 3 is 1.64 bits per heavy atom. The van der Waals surface area contributed by atoms with Gasteiger partial charge in [-0.3, -0.25) is 0 Å². The van der Waals surface area contributed by atoms with Crippen LogP contribution in [0.3, 0.4) is 0 Å². The van der Waals surface area contributed by atoms with E-state index in [0.717, 1.165) is 25.4 Å². The predicted octanol–water partition coefficient (Wildman–Crippen LogP) is 1.67. The van der Waals surface area contributed by atoms with Crippen LogP contribution >= 0.6 is 11.8 Å². The Labute approximate surface area is 71.7 Å². The van der Waals surface area contributed by atoms with E-state index in [-0.39, 0.29) is 10.5 Å². The standard InChI is InChI=1S/C8H14O2S/c1-3-7(5-9)11-8(4-2)6-10/h5-8H,3-4H2,1-2H3. The molecule has 0 N–H and O–H groups in total. The van der Waals surface area contributed by atoms with Gasteiger partial charge in [-0.15, -0.1) is 11.8 Å². The van der Waals surface area contributed by atoms with Gasteiger partial charge in [-0.1, -0.05) is 13.8 Å². The van der Waals surface area contributed by atoms with Crippen molar-refractivity contribution in [3.05, 3.63) is 0 Å². The lowest BCUT2D eigenvalue weighted by Crippen LogP contribution is -2.11. The van der Waals surface area contributed by atoms with Crippen molar-refractivity contribution >= 4 is 24.3 Å². The van der Waals surface area contributed by atoms with E-state index in [2.05, 4.69) is 0 Å². The molecule has 0 amide bonds. The van der Waals surface area contributed by atoms with Gasteiger partial charge in [0, 0.05) is 0 Å². The van der Waals surface area contributed by atoms with Gasteiger partial charge in [0.15, 0.2) is 0 Å². The molecule has 0 saturated carbocycles. The van der Waals surface area contributed by atoms with Gasteiger partial charge in [0.25, 0.3) is 0 Å². The molecule has 3 heteroatoms. The van der Waals surface area contributed by atoms with Crippen LogP contribution in [0.2, 0.25) is 0 Å². The lowest BCUT2D eigenvalue weighted by molar-refractivity contribution is -0.107. The minimum atomic E-state index is -0.00912. The van der Waals surface area contributed by atoms with Gasteiger partial charge >= 0.3 is 0 Å². The van der Waals surface area contributed by atoms with Crippen molar-refractivity contribution in [1.82, 2.24) is 0 Å². The normalized spacial score (nSPS) is 15.5. The molecule has 0 aromatic carbocycles. The van der Waals surface area contributed by atoms with Crippen LogP contribution in [0.1, 0.15) is 26.7 Å². The molecule has 0 aliphatic heterocycles. The number of rotatable bonds is 6. The van der Waals surface area contributed by atoms with Gasteiger partial charge in [-0.2, -0.15) is 0 Å². The summed E-state index contributed by atoms with van der Waals surface area (Å²) in [6.07, 6.45) is 3.44. The Hall–Kier alpha value is -0.310. The highest BCUT2D eigenvalue weighted by Crippen LogP contribution is 2.19. The minimum Gasteiger partial charge on any atom is -0.302 e. The first-order chi connectivity index (χ1) is 5.28. The van der Waals surface area contributed by atoms with Gasteiger partial charge in [0.05, 0.1) is 10.5 Å². The lowest BCUT2D eigenvalue weighted by atomic mass is 10.3. The van der Waals surface area contributed by atoms with E-state index in [4.69, 9.17) is 0 Å². The van der Waals surface area contributed by atoms with Gasteiger partial charge < -0.3 is 9.59 Å². The maximum atomic E-state index is 10.4. The van der Waals surface area contributed by atoms with Crippen molar-refractivity contribution in [3.63, 3.8) is 0 Å². The minimum absolute atomic E-state index is 0.00912. The third-order valence-electron chi connectivity index (χ3n) is 1.46. The molecule has 0 radical (unpaired) electrons. The predicted molar refractivity (Wildman–Crippen MR) is 47.9 cm³/mol. The first-order valence-electron chi connectivity index (χ1n) is 3.84. The molecular weight excluding hydrogens is 160 g/mol. The maximum absolute atomic E-state index is 10.4. The second-order valence-corrected chi connectivity index (χ2v) is 3.78. The summed E-state index contributed by atoms with van der Waals surface area (Å²) in [4.78, 5) is 20.7. The number of hydrogen-bond acceptors (Lipinski definition) is 3. The van der Waals surface area contributed by atoms with E-state index >= 15 is 0 Å². The highest BCUT2D eigenvalue weighted by atomic mass is 32.2. The van der Waals surface area contributed by atoms with Crippen molar-refractivity contribution < 1.29 is 9.59 Å². The van der Waals surface area contributed by atoms with Gasteiger partial charge in [0.2, 0.25) is 0 Å². The molecule has 0 aromatic heterocycles. The summed E-state index contributed by atoms with van der Waals surface area (Å²) in [5.41, 5.74) is 0. The van der Waals surface area contributed by atoms with Crippen LogP contribution in [0.5, 0.6) is 0 Å². The quantitative estimate of drug-likeness (QED) is 0.574. The smallest absolute Gasteiger partial charge is 0.132 e. The SMILES string of the molecule is CCC(C=O)SC(C=O)CC. The van der Waals surface area contributed by atoms with E-state index in [1.165, 1.54) is 11.8 Å². The maximum Gasteiger partial charge on any atom is 0.132 e. The van der Waals surface area contributed by atoms with Gasteiger partial charge in [-0.25, -0.2) is 0 Å². The van der Waals surface area contributed by atoms with Crippen molar-refractivity contribution in [1.29, 1.82) is 0 Å². The zero-order valence-corrected chi connectivity index (χ0v) is 7.76. The number of carbonyl (C=O) groups excluding carboxylic acids is 2. The fourth-order valence-corrected chi connectivity index (χ4v) is 1.64. The molecular formula is C8H14O2S. The third-order valence-corrected chi connectivity index (χ3v) is 3.05. The van der Waals surface area contributed by atoms with E-state index in [0.29, 0.717) is 0 Å². The van der Waals surface area contributed by atoms with Gasteiger partial charge in [-0.05, 0) is 12.8 Å². The Morgan fingerprint density at radius 1 is 1.09 bits per heavy atom. The molecule has 0 fully saturated rings. The molecule has 2 nitrogen and oxygen atoms in total. The molecule has 11 heavy (non-hydrogen) atoms. The summed E-state index contributed by atoms with van der Waals surface area (Å²) in [6, 6.07) is 0. The molecule has 0 heterocycles. The number of thioether (sulfide) groups is 1. The van der Waals surface area contributed by atoms with Crippen molar-refractivity contribution in [2.24, 2.45) is 0 Å². The van der Waals surface area contributed by atoms with Crippen molar-refractivity contribution in [2.45, 2.75) is 37.2 Å². The summed E-state index contributed by atoms with van der Waals surface area (Å²) < 4.78 is 0. The number of carbonyl (C=O) groups is 2. The highest BCUT2D eigenvalue weighted by molar-refractivity contribution is 8.01. The average Bonchev–Trinajstić information content (AvgIpc) is 2.07. The van der Waals surface area contributed by atoms with Crippen LogP contribution in [-0.2, 0) is 9.59 Å². The molecule has 2 unspecified atom stereocenters. The van der Waals surface area contributed by atoms with Crippen LogP contribution in [0, 0.1) is 0 Å². The first-order valence-corrected chi connectivity index (χ1v) is 4.78. The van der Waals surface area contributed by atoms with E-state index < -0.39 is 0 Å². The Kier molecular flexibility index (Phi) is 6.22. The number of aldehydes is 2. The summed E-state index contributed by atoms with van der Waals surface area (Å²) in [5.74, 6) is 0. The summed E-state index contributed by atoms with van der Waals surface area (Å²) in [7, 11) is 0. The fourth-order valence-electron chi connectivity index (χ4n) is 0.674. The van der Waals surface area contributed by atoms with Crippen molar-refractivity contribution in [2.75, 3.05) is 0 Å². The van der Waals surface area contributed by atoms with Crippen LogP contribution in [0.15, 0.2) is 0 Å². The Balaban J connectivity index is 3.76. The molecule has 0 rings (SSSR count). The van der Waals surface area contributed by atoms with Crippen LogP contribution in [0.4, 0.5) is 0 Å². The molecule has 0 saturated heterocycles. The molecule has 0 spiro atoms. The topological polar surface area (TPSA) is 34.1 Å². The van der Waals surface area contributed by atoms with Gasteiger partial charge in [0.1, 0.15) is 12.6 Å². The molecule has 0 aliphatic rings. The molecule has 0 bridgehead atoms. The molecule has 2 atom stereocenters. The summed E-state index contributed by atoms with van der Waals surface area (Å²) in [6.45, 7) is 3.90. The van der Waals surface area contributed by atoms with E-state index in [9.17, 15) is 9.59 Å². The monoisotopic (exact) mass is 174 g/mol. The molecule has 64 valence electrons. The van der Waals surface area contributed by atoms with Crippen LogP contribution < -0.4 is 0 Å². The third kappa shape index (κ3) is 4.19. The summed E-state index contributed by atoms with van der Waals surface area (Å²) >= 11 is 1.45. The van der Waals surface area contributed by atoms with E-state index in [1.807, 2.05) is 13.8 Å². The second kappa shape index (κ2) is 6.40. The first kappa shape index (κ1) is 10.7. The molecule has 0 aliphatic carbocycles. The fraction of sp³-hybridized carbons (Fsp3) is 0.750. The Morgan fingerprint density at radius 2 is 1.45 bits per heavy atom. The lowest BCUT2D eigenvalue weighted by Gasteiger charge is -2.10. The summed E-state index contributed by atoms with van der Waals surface area (Å²) in [5, 5.41) is -0.0182. The Bertz CT molecular complexity index is 111. The zero-order chi connectivity index (χ0) is 8.69. The highest BCUT2D eigenvalue weighted by Gasteiger charge is 2.11. The number of hydrogen-bond donors (Lipinski definition) is 0. The van der Waals surface area contributed by atoms with Crippen molar-refractivity contribution in [3.8, 4) is 0 Å². The van der Waals surface area contributed by atoms with Crippen LogP contribution in [0.25, 0.3) is 0 Å². The zero-order valence-electron chi connectivity index (χ0n) is 6.95. The van der Waals surface area contributed by atoms with E-state index in [1.54, 1.807) is 0 Å². The average molecular weight is 174 g/mol.